The minimum atomic E-state index is -2.69. The molecule has 0 bridgehead atoms. The Labute approximate surface area is 129 Å². The number of halogens is 3. The van der Waals surface area contributed by atoms with Crippen LogP contribution in [-0.4, -0.2) is 24.8 Å². The number of hydrogen-bond donors (Lipinski definition) is 0. The van der Waals surface area contributed by atoms with Crippen molar-refractivity contribution < 1.29 is 37.0 Å². The summed E-state index contributed by atoms with van der Waals surface area (Å²) in [6.45, 7) is 3.69. The number of rotatable bonds is 7. The van der Waals surface area contributed by atoms with Crippen LogP contribution in [0, 0.1) is 0 Å². The van der Waals surface area contributed by atoms with Crippen molar-refractivity contribution in [2.24, 2.45) is 0 Å². The van der Waals surface area contributed by atoms with Gasteiger partial charge in [0.05, 0.1) is 5.56 Å². The maximum absolute atomic E-state index is 12.7. The third-order valence-corrected chi connectivity index (χ3v) is 2.33. The van der Waals surface area contributed by atoms with Crippen molar-refractivity contribution in [2.45, 2.75) is 13.2 Å². The SMILES string of the molecule is C=C(C)C(=O)OC(COC(F)=C(F)F)OC(=O)c1ccccc1. The Hall–Kier alpha value is -2.77. The van der Waals surface area contributed by atoms with Crippen LogP contribution in [0.4, 0.5) is 13.2 Å². The van der Waals surface area contributed by atoms with Gasteiger partial charge in [-0.15, -0.1) is 0 Å². The summed E-state index contributed by atoms with van der Waals surface area (Å²) in [6.07, 6.45) is -4.42. The van der Waals surface area contributed by atoms with Gasteiger partial charge >= 0.3 is 24.0 Å². The summed E-state index contributed by atoms with van der Waals surface area (Å²) in [4.78, 5) is 23.3. The summed E-state index contributed by atoms with van der Waals surface area (Å²) in [5, 5.41) is 0. The molecule has 0 amide bonds. The number of carbonyl (C=O) groups excluding carboxylic acids is 2. The first-order valence-corrected chi connectivity index (χ1v) is 6.27. The molecule has 0 saturated heterocycles. The van der Waals surface area contributed by atoms with Gasteiger partial charge in [-0.1, -0.05) is 24.8 Å². The zero-order valence-corrected chi connectivity index (χ0v) is 12.1. The lowest BCUT2D eigenvalue weighted by molar-refractivity contribution is -0.172. The molecule has 5 nitrogen and oxygen atoms in total. The lowest BCUT2D eigenvalue weighted by atomic mass is 10.2. The van der Waals surface area contributed by atoms with Gasteiger partial charge in [-0.05, 0) is 19.1 Å². The third kappa shape index (κ3) is 6.25. The Morgan fingerprint density at radius 3 is 2.26 bits per heavy atom. The number of carbonyl (C=O) groups is 2. The molecule has 0 aliphatic rings. The van der Waals surface area contributed by atoms with Crippen LogP contribution in [0.3, 0.4) is 0 Å². The Kier molecular flexibility index (Phi) is 6.85. The van der Waals surface area contributed by atoms with Gasteiger partial charge in [-0.25, -0.2) is 9.59 Å². The molecule has 0 fully saturated rings. The smallest absolute Gasteiger partial charge is 0.342 e. The van der Waals surface area contributed by atoms with Crippen LogP contribution in [-0.2, 0) is 19.0 Å². The maximum Gasteiger partial charge on any atom is 0.342 e. The quantitative estimate of drug-likeness (QED) is 0.332. The molecule has 1 rings (SSSR count). The average Bonchev–Trinajstić information content (AvgIpc) is 2.52. The van der Waals surface area contributed by atoms with E-state index in [2.05, 4.69) is 11.3 Å². The van der Waals surface area contributed by atoms with Gasteiger partial charge in [0.25, 0.3) is 6.29 Å². The van der Waals surface area contributed by atoms with Crippen molar-refractivity contribution in [3.8, 4) is 0 Å². The van der Waals surface area contributed by atoms with Gasteiger partial charge in [-0.2, -0.15) is 13.2 Å². The van der Waals surface area contributed by atoms with Gasteiger partial charge in [0.15, 0.2) is 6.61 Å². The fourth-order valence-corrected chi connectivity index (χ4v) is 1.27. The van der Waals surface area contributed by atoms with E-state index in [4.69, 9.17) is 9.47 Å². The van der Waals surface area contributed by atoms with Gasteiger partial charge in [0.2, 0.25) is 0 Å². The molecule has 1 aromatic carbocycles. The number of esters is 2. The first kappa shape index (κ1) is 18.3. The van der Waals surface area contributed by atoms with Gasteiger partial charge in [-0.3, -0.25) is 0 Å². The molecule has 0 aliphatic carbocycles. The van der Waals surface area contributed by atoms with Crippen LogP contribution >= 0.6 is 0 Å². The van der Waals surface area contributed by atoms with Crippen molar-refractivity contribution >= 4 is 11.9 Å². The first-order chi connectivity index (χ1) is 10.8. The van der Waals surface area contributed by atoms with Crippen molar-refractivity contribution in [1.82, 2.24) is 0 Å². The molecule has 1 aromatic rings. The summed E-state index contributed by atoms with van der Waals surface area (Å²) in [7, 11) is 0. The molecule has 0 spiro atoms. The van der Waals surface area contributed by atoms with Crippen LogP contribution in [0.2, 0.25) is 0 Å². The van der Waals surface area contributed by atoms with E-state index in [9.17, 15) is 22.8 Å². The van der Waals surface area contributed by atoms with E-state index in [1.807, 2.05) is 0 Å². The second kappa shape index (κ2) is 8.62. The largest absolute Gasteiger partial charge is 0.459 e. The molecular weight excluding hydrogens is 317 g/mol. The molecule has 0 radical (unpaired) electrons. The van der Waals surface area contributed by atoms with Crippen molar-refractivity contribution in [3.63, 3.8) is 0 Å². The van der Waals surface area contributed by atoms with Crippen molar-refractivity contribution in [2.75, 3.05) is 6.61 Å². The van der Waals surface area contributed by atoms with Crippen LogP contribution < -0.4 is 0 Å². The second-order valence-corrected chi connectivity index (χ2v) is 4.23. The zero-order valence-electron chi connectivity index (χ0n) is 12.1. The molecule has 124 valence electrons. The number of hydrogen-bond acceptors (Lipinski definition) is 5. The molecule has 1 atom stereocenters. The summed E-state index contributed by atoms with van der Waals surface area (Å²) >= 11 is 0. The summed E-state index contributed by atoms with van der Waals surface area (Å²) in [5.41, 5.74) is 0.0926. The highest BCUT2D eigenvalue weighted by molar-refractivity contribution is 5.90. The molecule has 8 heteroatoms. The van der Waals surface area contributed by atoms with Crippen LogP contribution in [0.1, 0.15) is 17.3 Å². The minimum Gasteiger partial charge on any atom is -0.459 e. The molecule has 0 saturated carbocycles. The van der Waals surface area contributed by atoms with E-state index in [1.54, 1.807) is 18.2 Å². The van der Waals surface area contributed by atoms with Crippen LogP contribution in [0.25, 0.3) is 0 Å². The fraction of sp³-hybridized carbons (Fsp3) is 0.200. The predicted molar refractivity (Wildman–Crippen MR) is 72.9 cm³/mol. The van der Waals surface area contributed by atoms with Gasteiger partial charge in [0, 0.05) is 5.57 Å². The molecular formula is C15H13F3O5. The molecule has 23 heavy (non-hydrogen) atoms. The van der Waals surface area contributed by atoms with Crippen molar-refractivity contribution in [3.05, 3.63) is 60.1 Å². The average molecular weight is 330 g/mol. The predicted octanol–water partition coefficient (Wildman–Crippen LogP) is 3.34. The van der Waals surface area contributed by atoms with E-state index in [0.29, 0.717) is 0 Å². The van der Waals surface area contributed by atoms with Gasteiger partial charge in [0.1, 0.15) is 0 Å². The normalized spacial score (nSPS) is 11.1. The molecule has 0 N–H and O–H groups in total. The van der Waals surface area contributed by atoms with Gasteiger partial charge < -0.3 is 14.2 Å². The highest BCUT2D eigenvalue weighted by Crippen LogP contribution is 2.13. The summed E-state index contributed by atoms with van der Waals surface area (Å²) < 4.78 is 50.1. The lowest BCUT2D eigenvalue weighted by Crippen LogP contribution is -2.29. The maximum atomic E-state index is 12.7. The van der Waals surface area contributed by atoms with Crippen LogP contribution in [0.5, 0.6) is 0 Å². The van der Waals surface area contributed by atoms with Crippen molar-refractivity contribution in [1.29, 1.82) is 0 Å². The van der Waals surface area contributed by atoms with E-state index >= 15 is 0 Å². The Balaban J connectivity index is 2.78. The highest BCUT2D eigenvalue weighted by atomic mass is 19.3. The molecule has 0 aromatic heterocycles. The van der Waals surface area contributed by atoms with E-state index in [-0.39, 0.29) is 11.1 Å². The lowest BCUT2D eigenvalue weighted by Gasteiger charge is -2.18. The summed E-state index contributed by atoms with van der Waals surface area (Å²) in [5.74, 6) is -1.86. The third-order valence-electron chi connectivity index (χ3n) is 2.33. The van der Waals surface area contributed by atoms with E-state index in [0.717, 1.165) is 0 Å². The number of ether oxygens (including phenoxy) is 3. The van der Waals surface area contributed by atoms with Crippen LogP contribution in [0.15, 0.2) is 54.6 Å². The topological polar surface area (TPSA) is 61.8 Å². The fourth-order valence-electron chi connectivity index (χ4n) is 1.27. The first-order valence-electron chi connectivity index (χ1n) is 6.27. The number of benzene rings is 1. The molecule has 1 unspecified atom stereocenters. The molecule has 0 heterocycles. The standard InChI is InChI=1S/C15H13F3O5/c1-9(2)14(19)22-11(8-21-13(18)12(16)17)23-15(20)10-6-4-3-5-7-10/h3-7,11H,1,8H2,2H3. The van der Waals surface area contributed by atoms with E-state index in [1.165, 1.54) is 19.1 Å². The zero-order chi connectivity index (χ0) is 17.4. The minimum absolute atomic E-state index is 0.0292. The highest BCUT2D eigenvalue weighted by Gasteiger charge is 2.22. The Bertz CT molecular complexity index is 609. The monoisotopic (exact) mass is 330 g/mol. The Morgan fingerprint density at radius 1 is 1.13 bits per heavy atom. The second-order valence-electron chi connectivity index (χ2n) is 4.23. The summed E-state index contributed by atoms with van der Waals surface area (Å²) in [6, 6.07) is 5.46. The van der Waals surface area contributed by atoms with E-state index < -0.39 is 36.9 Å². The molecule has 0 aliphatic heterocycles. The Morgan fingerprint density at radius 2 is 1.74 bits per heavy atom.